The van der Waals surface area contributed by atoms with Crippen LogP contribution in [0.3, 0.4) is 0 Å². The molecule has 0 saturated carbocycles. The predicted molar refractivity (Wildman–Crippen MR) is 319 cm³/mol. The second-order valence-electron chi connectivity index (χ2n) is 22.3. The summed E-state index contributed by atoms with van der Waals surface area (Å²) in [6.45, 7) is 12.1. The van der Waals surface area contributed by atoms with Gasteiger partial charge in [0, 0.05) is 17.1 Å². The highest BCUT2D eigenvalue weighted by molar-refractivity contribution is 5.90. The standard InChI is InChI=1S/C74H67NO/c1-6-53(56-25-27-58(28-26-56)60-31-29-59-30-32-61(59)48-60)47-51(2)54-23-21-52(22-24-54)50-76-68-44-39-64(40-45-68)74(63-37-35-62(36-38-63)73(3,4)5)71-20-14-13-19-69(71)70-46-43-67(49-72(70)74)75(65-17-11-8-12-18-65)66-41-33-57(34-42-66)55-15-9-7-10-16-55/h7-29,31,33-46,48-49,51,53H,6,30,32,47,50H2,1-5H3. The lowest BCUT2D eigenvalue weighted by Crippen LogP contribution is -2.29. The van der Waals surface area contributed by atoms with Crippen LogP contribution >= 0.6 is 0 Å². The van der Waals surface area contributed by atoms with Gasteiger partial charge in [0.15, 0.2) is 0 Å². The molecule has 0 radical (unpaired) electrons. The Balaban J connectivity index is 0.829. The zero-order chi connectivity index (χ0) is 51.8. The molecule has 0 N–H and O–H groups in total. The molecule has 12 rings (SSSR count). The second-order valence-corrected chi connectivity index (χ2v) is 22.3. The molecule has 0 amide bonds. The highest BCUT2D eigenvalue weighted by Gasteiger charge is 2.46. The van der Waals surface area contributed by atoms with E-state index in [0.29, 0.717) is 18.4 Å². The molecule has 0 saturated heterocycles. The molecule has 10 aromatic rings. The number of hydrogen-bond acceptors (Lipinski definition) is 2. The van der Waals surface area contributed by atoms with Crippen LogP contribution in [0.1, 0.15) is 115 Å². The summed E-state index contributed by atoms with van der Waals surface area (Å²) in [6, 6.07) is 90.3. The van der Waals surface area contributed by atoms with Gasteiger partial charge in [-0.15, -0.1) is 0 Å². The van der Waals surface area contributed by atoms with Crippen LogP contribution in [-0.2, 0) is 30.3 Å². The summed E-state index contributed by atoms with van der Waals surface area (Å²) < 4.78 is 6.62. The maximum absolute atomic E-state index is 6.62. The van der Waals surface area contributed by atoms with Crippen molar-refractivity contribution in [2.45, 2.75) is 89.6 Å². The van der Waals surface area contributed by atoms with Gasteiger partial charge in [-0.2, -0.15) is 0 Å². The minimum Gasteiger partial charge on any atom is -0.489 e. The normalized spacial score (nSPS) is 15.2. The summed E-state index contributed by atoms with van der Waals surface area (Å²) in [5.74, 6) is 1.80. The zero-order valence-electron chi connectivity index (χ0n) is 44.6. The fraction of sp³-hybridized carbons (Fsp3) is 0.189. The molecule has 2 aliphatic carbocycles. The van der Waals surface area contributed by atoms with Gasteiger partial charge in [0.2, 0.25) is 0 Å². The van der Waals surface area contributed by atoms with Gasteiger partial charge in [-0.1, -0.05) is 229 Å². The number of benzene rings is 10. The minimum atomic E-state index is -0.605. The quantitative estimate of drug-likeness (QED) is 0.101. The number of fused-ring (bicyclic) bond motifs is 4. The van der Waals surface area contributed by atoms with Crippen LogP contribution in [0.25, 0.3) is 33.4 Å². The van der Waals surface area contributed by atoms with Gasteiger partial charge >= 0.3 is 0 Å². The van der Waals surface area contributed by atoms with Crippen LogP contribution in [0.4, 0.5) is 17.1 Å². The highest BCUT2D eigenvalue weighted by Crippen LogP contribution is 2.57. The minimum absolute atomic E-state index is 0.0170. The highest BCUT2D eigenvalue weighted by atomic mass is 16.5. The maximum Gasteiger partial charge on any atom is 0.119 e. The van der Waals surface area contributed by atoms with Gasteiger partial charge in [0.1, 0.15) is 12.4 Å². The van der Waals surface area contributed by atoms with E-state index in [1.807, 2.05) is 0 Å². The van der Waals surface area contributed by atoms with Gasteiger partial charge in [0.05, 0.1) is 5.41 Å². The van der Waals surface area contributed by atoms with Crippen LogP contribution in [0.15, 0.2) is 243 Å². The summed E-state index contributed by atoms with van der Waals surface area (Å²) in [4.78, 5) is 2.39. The monoisotopic (exact) mass is 986 g/mol. The largest absolute Gasteiger partial charge is 0.489 e. The Morgan fingerprint density at radius 3 is 1.68 bits per heavy atom. The van der Waals surface area contributed by atoms with Crippen molar-refractivity contribution in [2.75, 3.05) is 4.90 Å². The lowest BCUT2D eigenvalue weighted by atomic mass is 9.67. The van der Waals surface area contributed by atoms with Crippen LogP contribution in [0.5, 0.6) is 5.75 Å². The van der Waals surface area contributed by atoms with Crippen LogP contribution in [0, 0.1) is 0 Å². The number of ether oxygens (including phenoxy) is 1. The molecule has 76 heavy (non-hydrogen) atoms. The van der Waals surface area contributed by atoms with Crippen molar-refractivity contribution in [3.63, 3.8) is 0 Å². The third kappa shape index (κ3) is 9.25. The molecule has 2 aliphatic rings. The molecule has 3 unspecified atom stereocenters. The molecule has 0 heterocycles. The average Bonchev–Trinajstić information content (AvgIpc) is 3.79. The molecule has 0 bridgehead atoms. The maximum atomic E-state index is 6.62. The van der Waals surface area contributed by atoms with Crippen molar-refractivity contribution >= 4 is 17.1 Å². The van der Waals surface area contributed by atoms with Crippen molar-refractivity contribution in [1.29, 1.82) is 0 Å². The number of para-hydroxylation sites is 1. The molecule has 10 aromatic carbocycles. The van der Waals surface area contributed by atoms with E-state index in [4.69, 9.17) is 4.74 Å². The number of aryl methyl sites for hydroxylation is 2. The first-order valence-corrected chi connectivity index (χ1v) is 27.5. The molecule has 2 nitrogen and oxygen atoms in total. The van der Waals surface area contributed by atoms with E-state index < -0.39 is 5.41 Å². The van der Waals surface area contributed by atoms with E-state index >= 15 is 0 Å². The lowest BCUT2D eigenvalue weighted by Gasteiger charge is -2.35. The van der Waals surface area contributed by atoms with Crippen LogP contribution < -0.4 is 9.64 Å². The third-order valence-electron chi connectivity index (χ3n) is 16.7. The molecule has 0 aromatic heterocycles. The molecule has 0 aliphatic heterocycles. The SMILES string of the molecule is CCC(CC(C)c1ccc(COc2ccc(C3(c4ccc(C(C)(C)C)cc4)c4ccccc4-c4ccc(N(c5ccccc5)c5ccc(-c6ccccc6)cc5)cc43)cc2)cc1)c1ccc(-c2ccc3c(c2)CC3)cc1. The van der Waals surface area contributed by atoms with Crippen LogP contribution in [-0.4, -0.2) is 0 Å². The van der Waals surface area contributed by atoms with Crippen molar-refractivity contribution in [3.8, 4) is 39.1 Å². The number of nitrogens with zero attached hydrogens (tertiary/aromatic N) is 1. The van der Waals surface area contributed by atoms with Gasteiger partial charge in [-0.25, -0.2) is 0 Å². The molecule has 3 atom stereocenters. The number of hydrogen-bond donors (Lipinski definition) is 0. The van der Waals surface area contributed by atoms with E-state index in [2.05, 4.69) is 282 Å². The summed E-state index contributed by atoms with van der Waals surface area (Å²) in [5.41, 5.74) is 23.6. The summed E-state index contributed by atoms with van der Waals surface area (Å²) in [6.07, 6.45) is 4.67. The summed E-state index contributed by atoms with van der Waals surface area (Å²) in [5, 5.41) is 0. The first-order valence-electron chi connectivity index (χ1n) is 27.5. The van der Waals surface area contributed by atoms with Gasteiger partial charge in [-0.05, 0) is 180 Å². The lowest BCUT2D eigenvalue weighted by molar-refractivity contribution is 0.306. The second kappa shape index (κ2) is 20.5. The van der Waals surface area contributed by atoms with Crippen molar-refractivity contribution < 1.29 is 4.74 Å². The molecule has 0 spiro atoms. The van der Waals surface area contributed by atoms with E-state index in [9.17, 15) is 0 Å². The van der Waals surface area contributed by atoms with E-state index in [-0.39, 0.29) is 5.41 Å². The Labute approximate surface area is 451 Å². The Morgan fingerprint density at radius 1 is 0.474 bits per heavy atom. The van der Waals surface area contributed by atoms with Crippen LogP contribution in [0.2, 0.25) is 0 Å². The van der Waals surface area contributed by atoms with Gasteiger partial charge in [-0.3, -0.25) is 0 Å². The van der Waals surface area contributed by atoms with Gasteiger partial charge in [0.25, 0.3) is 0 Å². The Morgan fingerprint density at radius 2 is 1.03 bits per heavy atom. The zero-order valence-corrected chi connectivity index (χ0v) is 44.6. The Bertz CT molecular complexity index is 3610. The van der Waals surface area contributed by atoms with Crippen molar-refractivity contribution in [3.05, 3.63) is 298 Å². The van der Waals surface area contributed by atoms with Crippen molar-refractivity contribution in [2.24, 2.45) is 0 Å². The van der Waals surface area contributed by atoms with Crippen molar-refractivity contribution in [1.82, 2.24) is 0 Å². The smallest absolute Gasteiger partial charge is 0.119 e. The fourth-order valence-electron chi connectivity index (χ4n) is 12.2. The predicted octanol–water partition coefficient (Wildman–Crippen LogP) is 19.5. The fourth-order valence-corrected chi connectivity index (χ4v) is 12.2. The first-order chi connectivity index (χ1) is 37.1. The topological polar surface area (TPSA) is 12.5 Å². The summed E-state index contributed by atoms with van der Waals surface area (Å²) >= 11 is 0. The number of rotatable bonds is 15. The molecular weight excluding hydrogens is 919 g/mol. The van der Waals surface area contributed by atoms with E-state index in [1.54, 1.807) is 0 Å². The Hall–Kier alpha value is -8.20. The van der Waals surface area contributed by atoms with E-state index in [1.165, 1.54) is 96.3 Å². The molecule has 0 fully saturated rings. The van der Waals surface area contributed by atoms with E-state index in [0.717, 1.165) is 41.2 Å². The number of anilines is 3. The molecular formula is C74H67NO. The Kier molecular flexibility index (Phi) is 13.1. The summed E-state index contributed by atoms with van der Waals surface area (Å²) in [7, 11) is 0. The average molecular weight is 986 g/mol. The molecule has 374 valence electrons. The third-order valence-corrected chi connectivity index (χ3v) is 16.7. The first kappa shape index (κ1) is 48.7. The van der Waals surface area contributed by atoms with Gasteiger partial charge < -0.3 is 9.64 Å². The molecule has 2 heteroatoms.